The van der Waals surface area contributed by atoms with Gasteiger partial charge in [0, 0.05) is 22.9 Å². The average molecular weight is 531 g/mol. The summed E-state index contributed by atoms with van der Waals surface area (Å²) >= 11 is 0. The van der Waals surface area contributed by atoms with E-state index in [0.717, 1.165) is 11.1 Å². The number of nitrogens with zero attached hydrogens (tertiary/aromatic N) is 4. The third-order valence-corrected chi connectivity index (χ3v) is 6.63. The predicted octanol–water partition coefficient (Wildman–Crippen LogP) is 5.76. The Morgan fingerprint density at radius 1 is 0.949 bits per heavy atom. The molecule has 0 saturated heterocycles. The van der Waals surface area contributed by atoms with E-state index < -0.39 is 5.97 Å². The molecule has 6 aromatic rings. The lowest BCUT2D eigenvalue weighted by atomic mass is 10.0. The average Bonchev–Trinajstić information content (AvgIpc) is 3.65. The highest BCUT2D eigenvalue weighted by Gasteiger charge is 2.27. The molecule has 0 spiro atoms. The molecule has 2 aromatic carbocycles. The van der Waals surface area contributed by atoms with Crippen LogP contribution in [0.1, 0.15) is 43.1 Å². The zero-order chi connectivity index (χ0) is 27.4. The lowest BCUT2D eigenvalue weighted by Gasteiger charge is -2.11. The van der Waals surface area contributed by atoms with E-state index in [1.807, 2.05) is 24.3 Å². The van der Waals surface area contributed by atoms with Crippen LogP contribution in [0.3, 0.4) is 0 Å². The van der Waals surface area contributed by atoms with Crippen molar-refractivity contribution in [3.63, 3.8) is 0 Å². The van der Waals surface area contributed by atoms with Crippen LogP contribution in [0.4, 0.5) is 0 Å². The monoisotopic (exact) mass is 530 g/mol. The maximum atomic E-state index is 12.7. The standard InChI is InChI=1S/C28H26N4O7/c1-7-37-28(33)27-30-29-26-25-22(15-10-20(34-4)21(35-5)12-19(15)39-25)23(31-32(26)27)14-8-9-17-16(24(14)36-6)11-18(38-17)13(2)3/h8-13H,7H2,1-6H3. The fourth-order valence-corrected chi connectivity index (χ4v) is 4.79. The third-order valence-electron chi connectivity index (χ3n) is 6.63. The van der Waals surface area contributed by atoms with Crippen LogP contribution in [0, 0.1) is 0 Å². The van der Waals surface area contributed by atoms with Gasteiger partial charge in [-0.25, -0.2) is 4.79 Å². The number of rotatable bonds is 7. The number of ether oxygens (including phenoxy) is 4. The fourth-order valence-electron chi connectivity index (χ4n) is 4.79. The van der Waals surface area contributed by atoms with Crippen LogP contribution in [0.15, 0.2) is 39.2 Å². The minimum absolute atomic E-state index is 0.0731. The van der Waals surface area contributed by atoms with Crippen LogP contribution in [0.2, 0.25) is 0 Å². The second-order valence-corrected chi connectivity index (χ2v) is 9.20. The number of furan rings is 2. The molecule has 0 atom stereocenters. The van der Waals surface area contributed by atoms with Crippen LogP contribution in [0.5, 0.6) is 17.2 Å². The molecule has 39 heavy (non-hydrogen) atoms. The van der Waals surface area contributed by atoms with Gasteiger partial charge in [0.05, 0.1) is 38.7 Å². The zero-order valence-corrected chi connectivity index (χ0v) is 22.3. The number of methoxy groups -OCH3 is 3. The van der Waals surface area contributed by atoms with E-state index in [0.29, 0.717) is 56.0 Å². The van der Waals surface area contributed by atoms with Crippen LogP contribution >= 0.6 is 0 Å². The highest BCUT2D eigenvalue weighted by Crippen LogP contribution is 2.45. The van der Waals surface area contributed by atoms with Gasteiger partial charge >= 0.3 is 5.97 Å². The molecule has 0 aliphatic carbocycles. The van der Waals surface area contributed by atoms with Crippen LogP contribution in [0.25, 0.3) is 49.8 Å². The molecule has 6 rings (SSSR count). The second kappa shape index (κ2) is 9.19. The number of carbonyl (C=O) groups is 1. The van der Waals surface area contributed by atoms with E-state index in [1.54, 1.807) is 34.3 Å². The number of fused-ring (bicyclic) bond motifs is 6. The van der Waals surface area contributed by atoms with Crippen molar-refractivity contribution in [1.29, 1.82) is 0 Å². The molecule has 0 unspecified atom stereocenters. The number of benzene rings is 2. The summed E-state index contributed by atoms with van der Waals surface area (Å²) in [7, 11) is 4.72. The third kappa shape index (κ3) is 3.64. The Kier molecular flexibility index (Phi) is 5.78. The lowest BCUT2D eigenvalue weighted by molar-refractivity contribution is 0.0509. The van der Waals surface area contributed by atoms with Gasteiger partial charge in [-0.3, -0.25) is 0 Å². The normalized spacial score (nSPS) is 11.8. The van der Waals surface area contributed by atoms with Gasteiger partial charge in [0.2, 0.25) is 5.65 Å². The first-order chi connectivity index (χ1) is 18.9. The molecule has 4 aromatic heterocycles. The van der Waals surface area contributed by atoms with Gasteiger partial charge in [-0.05, 0) is 31.2 Å². The molecule has 0 amide bonds. The number of aromatic nitrogens is 4. The largest absolute Gasteiger partial charge is 0.495 e. The van der Waals surface area contributed by atoms with Crippen molar-refractivity contribution in [3.8, 4) is 28.5 Å². The second-order valence-electron chi connectivity index (χ2n) is 9.20. The maximum absolute atomic E-state index is 12.7. The van der Waals surface area contributed by atoms with Gasteiger partial charge in [-0.1, -0.05) is 13.8 Å². The Balaban J connectivity index is 1.76. The van der Waals surface area contributed by atoms with E-state index in [9.17, 15) is 4.79 Å². The molecule has 11 heteroatoms. The SMILES string of the molecule is CCOC(=O)c1nnc2c3oc4cc(OC)c(OC)cc4c3c(-c3ccc4oc(C(C)C)cc4c3OC)nn12. The van der Waals surface area contributed by atoms with Crippen molar-refractivity contribution < 1.29 is 32.6 Å². The van der Waals surface area contributed by atoms with Gasteiger partial charge in [0.15, 0.2) is 17.1 Å². The molecule has 0 aliphatic rings. The summed E-state index contributed by atoms with van der Waals surface area (Å²) in [6, 6.07) is 9.28. The van der Waals surface area contributed by atoms with Crippen LogP contribution < -0.4 is 14.2 Å². The Bertz CT molecular complexity index is 1900. The van der Waals surface area contributed by atoms with Crippen LogP contribution in [-0.2, 0) is 4.74 Å². The zero-order valence-electron chi connectivity index (χ0n) is 22.3. The van der Waals surface area contributed by atoms with Gasteiger partial charge < -0.3 is 27.8 Å². The van der Waals surface area contributed by atoms with Gasteiger partial charge in [0.25, 0.3) is 5.82 Å². The van der Waals surface area contributed by atoms with E-state index in [2.05, 4.69) is 24.0 Å². The summed E-state index contributed by atoms with van der Waals surface area (Å²) in [4.78, 5) is 12.7. The molecular formula is C28H26N4O7. The maximum Gasteiger partial charge on any atom is 0.378 e. The first-order valence-corrected chi connectivity index (χ1v) is 12.4. The van der Waals surface area contributed by atoms with Crippen molar-refractivity contribution >= 4 is 44.5 Å². The Morgan fingerprint density at radius 2 is 1.72 bits per heavy atom. The van der Waals surface area contributed by atoms with E-state index in [-0.39, 0.29) is 24.0 Å². The molecule has 0 saturated carbocycles. The molecule has 0 N–H and O–H groups in total. The molecule has 200 valence electrons. The van der Waals surface area contributed by atoms with Gasteiger partial charge in [-0.15, -0.1) is 10.2 Å². The van der Waals surface area contributed by atoms with E-state index >= 15 is 0 Å². The molecule has 0 bridgehead atoms. The Labute approximate surface area is 222 Å². The summed E-state index contributed by atoms with van der Waals surface area (Å²) < 4.78 is 35.9. The first kappa shape index (κ1) is 24.5. The van der Waals surface area contributed by atoms with Crippen molar-refractivity contribution in [3.05, 3.63) is 41.9 Å². The van der Waals surface area contributed by atoms with E-state index in [4.69, 9.17) is 32.9 Å². The Hall–Kier alpha value is -4.80. The summed E-state index contributed by atoms with van der Waals surface area (Å²) in [6.45, 7) is 6.02. The minimum Gasteiger partial charge on any atom is -0.495 e. The molecule has 0 aliphatic heterocycles. The highest BCUT2D eigenvalue weighted by atomic mass is 16.5. The summed E-state index contributed by atoms with van der Waals surface area (Å²) in [5, 5.41) is 15.3. The summed E-state index contributed by atoms with van der Waals surface area (Å²) in [5.41, 5.74) is 3.00. The molecule has 11 nitrogen and oxygen atoms in total. The molecule has 4 heterocycles. The summed E-state index contributed by atoms with van der Waals surface area (Å²) in [5.74, 6) is 1.89. The predicted molar refractivity (Wildman–Crippen MR) is 143 cm³/mol. The minimum atomic E-state index is -0.652. The Morgan fingerprint density at radius 3 is 2.41 bits per heavy atom. The molecule has 0 fully saturated rings. The number of carbonyl (C=O) groups excluding carboxylic acids is 1. The van der Waals surface area contributed by atoms with Crippen molar-refractivity contribution in [2.75, 3.05) is 27.9 Å². The highest BCUT2D eigenvalue weighted by molar-refractivity contribution is 6.16. The smallest absolute Gasteiger partial charge is 0.378 e. The fraction of sp³-hybridized carbons (Fsp3) is 0.286. The van der Waals surface area contributed by atoms with E-state index in [1.165, 1.54) is 4.52 Å². The summed E-state index contributed by atoms with van der Waals surface area (Å²) in [6.07, 6.45) is 0. The lowest BCUT2D eigenvalue weighted by Crippen LogP contribution is -2.11. The number of hydrogen-bond donors (Lipinski definition) is 0. The van der Waals surface area contributed by atoms with Gasteiger partial charge in [-0.2, -0.15) is 9.61 Å². The van der Waals surface area contributed by atoms with Crippen molar-refractivity contribution in [1.82, 2.24) is 19.8 Å². The number of hydrogen-bond acceptors (Lipinski definition) is 10. The van der Waals surface area contributed by atoms with Crippen molar-refractivity contribution in [2.24, 2.45) is 0 Å². The van der Waals surface area contributed by atoms with Crippen LogP contribution in [-0.4, -0.2) is 53.7 Å². The molecule has 0 radical (unpaired) electrons. The number of esters is 1. The van der Waals surface area contributed by atoms with Crippen molar-refractivity contribution in [2.45, 2.75) is 26.7 Å². The molecular weight excluding hydrogens is 504 g/mol. The quantitative estimate of drug-likeness (QED) is 0.235. The first-order valence-electron chi connectivity index (χ1n) is 12.4. The topological polar surface area (TPSA) is 123 Å². The van der Waals surface area contributed by atoms with Gasteiger partial charge in [0.1, 0.15) is 28.4 Å².